The molecule has 2 unspecified atom stereocenters. The van der Waals surface area contributed by atoms with Gasteiger partial charge in [-0.1, -0.05) is 53.7 Å². The monoisotopic (exact) mass is 382 g/mol. The van der Waals surface area contributed by atoms with Crippen LogP contribution in [0.3, 0.4) is 0 Å². The van der Waals surface area contributed by atoms with Gasteiger partial charge in [-0.15, -0.1) is 0 Å². The molecule has 6 heteroatoms. The van der Waals surface area contributed by atoms with Crippen molar-refractivity contribution in [1.82, 2.24) is 9.62 Å². The molecule has 26 heavy (non-hydrogen) atoms. The van der Waals surface area contributed by atoms with Crippen molar-refractivity contribution in [3.05, 3.63) is 29.8 Å². The minimum absolute atomic E-state index is 0.0137. The molecule has 0 heterocycles. The Morgan fingerprint density at radius 2 is 1.58 bits per heavy atom. The largest absolute Gasteiger partial charge is 0.350 e. The highest BCUT2D eigenvalue weighted by Gasteiger charge is 2.24. The van der Waals surface area contributed by atoms with Crippen molar-refractivity contribution in [3.8, 4) is 0 Å². The summed E-state index contributed by atoms with van der Waals surface area (Å²) < 4.78 is 26.5. The zero-order valence-electron chi connectivity index (χ0n) is 17.2. The van der Waals surface area contributed by atoms with E-state index in [1.165, 1.54) is 4.31 Å². The third kappa shape index (κ3) is 5.81. The number of sulfonamides is 1. The predicted octanol–water partition coefficient (Wildman–Crippen LogP) is 3.97. The van der Waals surface area contributed by atoms with Crippen LogP contribution in [0.1, 0.15) is 66.5 Å². The number of hydrogen-bond donors (Lipinski definition) is 1. The van der Waals surface area contributed by atoms with Gasteiger partial charge in [0.05, 0.1) is 10.9 Å². The van der Waals surface area contributed by atoms with Crippen molar-refractivity contribution in [2.45, 2.75) is 65.8 Å². The quantitative estimate of drug-likeness (QED) is 0.740. The summed E-state index contributed by atoms with van der Waals surface area (Å²) in [7, 11) is -3.45. The molecule has 0 aliphatic carbocycles. The number of amides is 1. The van der Waals surface area contributed by atoms with Crippen LogP contribution in [0, 0.1) is 11.3 Å². The highest BCUT2D eigenvalue weighted by molar-refractivity contribution is 7.89. The van der Waals surface area contributed by atoms with E-state index in [9.17, 15) is 13.2 Å². The fraction of sp³-hybridized carbons (Fsp3) is 0.650. The first-order valence-electron chi connectivity index (χ1n) is 9.32. The lowest BCUT2D eigenvalue weighted by molar-refractivity contribution is -0.123. The first kappa shape index (κ1) is 22.6. The standard InChI is InChI=1S/C20H34N2O3S/c1-8-22(9-2)26(24,25)18-12-10-17(11-13-18)16(4)21-19(23)14-15(3)20(5,6)7/h10-13,15-16H,8-9,14H2,1-7H3,(H,21,23). The summed E-state index contributed by atoms with van der Waals surface area (Å²) in [5, 5.41) is 3.00. The summed E-state index contributed by atoms with van der Waals surface area (Å²) in [5.74, 6) is 0.288. The first-order valence-corrected chi connectivity index (χ1v) is 10.8. The number of nitrogens with zero attached hydrogens (tertiary/aromatic N) is 1. The van der Waals surface area contributed by atoms with Gasteiger partial charge in [0.2, 0.25) is 15.9 Å². The second kappa shape index (κ2) is 9.00. The number of benzene rings is 1. The van der Waals surface area contributed by atoms with Crippen LogP contribution in [-0.2, 0) is 14.8 Å². The Hall–Kier alpha value is -1.40. The summed E-state index contributed by atoms with van der Waals surface area (Å²) in [4.78, 5) is 12.5. The van der Waals surface area contributed by atoms with Crippen molar-refractivity contribution in [1.29, 1.82) is 0 Å². The van der Waals surface area contributed by atoms with Gasteiger partial charge in [-0.2, -0.15) is 4.31 Å². The smallest absolute Gasteiger partial charge is 0.243 e. The van der Waals surface area contributed by atoms with Gasteiger partial charge in [0.1, 0.15) is 0 Å². The molecule has 0 saturated carbocycles. The second-order valence-electron chi connectivity index (χ2n) is 7.92. The fourth-order valence-electron chi connectivity index (χ4n) is 2.61. The van der Waals surface area contributed by atoms with E-state index in [1.807, 2.05) is 20.8 Å². The average Bonchev–Trinajstić information content (AvgIpc) is 2.54. The van der Waals surface area contributed by atoms with Gasteiger partial charge in [-0.05, 0) is 36.0 Å². The maximum atomic E-state index is 12.5. The Bertz CT molecular complexity index is 687. The molecule has 0 radical (unpaired) electrons. The van der Waals surface area contributed by atoms with Crippen molar-refractivity contribution in [2.24, 2.45) is 11.3 Å². The second-order valence-corrected chi connectivity index (χ2v) is 9.86. The summed E-state index contributed by atoms with van der Waals surface area (Å²) in [6.45, 7) is 14.9. The van der Waals surface area contributed by atoms with Crippen molar-refractivity contribution in [3.63, 3.8) is 0 Å². The van der Waals surface area contributed by atoms with Gasteiger partial charge in [-0.3, -0.25) is 4.79 Å². The van der Waals surface area contributed by atoms with E-state index >= 15 is 0 Å². The molecule has 148 valence electrons. The summed E-state index contributed by atoms with van der Waals surface area (Å²) in [5.41, 5.74) is 0.973. The number of rotatable bonds is 8. The molecular weight excluding hydrogens is 348 g/mol. The first-order chi connectivity index (χ1) is 11.9. The molecule has 0 aromatic heterocycles. The van der Waals surface area contributed by atoms with Crippen LogP contribution in [0.25, 0.3) is 0 Å². The van der Waals surface area contributed by atoms with E-state index in [4.69, 9.17) is 0 Å². The Morgan fingerprint density at radius 3 is 2.00 bits per heavy atom. The number of carbonyl (C=O) groups excluding carboxylic acids is 1. The van der Waals surface area contributed by atoms with E-state index < -0.39 is 10.0 Å². The average molecular weight is 383 g/mol. The molecule has 1 rings (SSSR count). The van der Waals surface area contributed by atoms with Crippen LogP contribution in [0.2, 0.25) is 0 Å². The van der Waals surface area contributed by atoms with E-state index in [0.717, 1.165) is 5.56 Å². The maximum Gasteiger partial charge on any atom is 0.243 e. The molecule has 1 amide bonds. The fourth-order valence-corrected chi connectivity index (χ4v) is 4.07. The molecule has 5 nitrogen and oxygen atoms in total. The molecule has 1 N–H and O–H groups in total. The summed E-state index contributed by atoms with van der Waals surface area (Å²) in [6, 6.07) is 6.61. The third-order valence-corrected chi connectivity index (χ3v) is 7.13. The molecule has 2 atom stereocenters. The van der Waals surface area contributed by atoms with Crippen molar-refractivity contribution < 1.29 is 13.2 Å². The van der Waals surface area contributed by atoms with Crippen LogP contribution in [0.15, 0.2) is 29.2 Å². The van der Waals surface area contributed by atoms with Crippen molar-refractivity contribution >= 4 is 15.9 Å². The highest BCUT2D eigenvalue weighted by Crippen LogP contribution is 2.28. The molecular formula is C20H34N2O3S. The highest BCUT2D eigenvalue weighted by atomic mass is 32.2. The maximum absolute atomic E-state index is 12.5. The number of hydrogen-bond acceptors (Lipinski definition) is 3. The van der Waals surface area contributed by atoms with Gasteiger partial charge in [0.25, 0.3) is 0 Å². The predicted molar refractivity (Wildman–Crippen MR) is 106 cm³/mol. The Kier molecular flexibility index (Phi) is 7.84. The van der Waals surface area contributed by atoms with Crippen LogP contribution >= 0.6 is 0 Å². The van der Waals surface area contributed by atoms with Crippen LogP contribution in [0.5, 0.6) is 0 Å². The van der Waals surface area contributed by atoms with Gasteiger partial charge < -0.3 is 5.32 Å². The third-order valence-electron chi connectivity index (χ3n) is 5.07. The number of carbonyl (C=O) groups is 1. The van der Waals surface area contributed by atoms with Crippen LogP contribution in [0.4, 0.5) is 0 Å². The van der Waals surface area contributed by atoms with Crippen molar-refractivity contribution in [2.75, 3.05) is 13.1 Å². The SMILES string of the molecule is CCN(CC)S(=O)(=O)c1ccc(C(C)NC(=O)CC(C)C(C)(C)C)cc1. The van der Waals surface area contributed by atoms with Crippen LogP contribution < -0.4 is 5.32 Å². The lowest BCUT2D eigenvalue weighted by Crippen LogP contribution is -2.31. The van der Waals surface area contributed by atoms with Crippen LogP contribution in [-0.4, -0.2) is 31.7 Å². The van der Waals surface area contributed by atoms with Gasteiger partial charge in [0.15, 0.2) is 0 Å². The molecule has 1 aromatic carbocycles. The lowest BCUT2D eigenvalue weighted by Gasteiger charge is -2.27. The van der Waals surface area contributed by atoms with E-state index in [1.54, 1.807) is 24.3 Å². The van der Waals surface area contributed by atoms with Gasteiger partial charge >= 0.3 is 0 Å². The normalized spacial score (nSPS) is 14.9. The van der Waals surface area contributed by atoms with Gasteiger partial charge in [-0.25, -0.2) is 8.42 Å². The lowest BCUT2D eigenvalue weighted by atomic mass is 9.80. The minimum atomic E-state index is -3.45. The van der Waals surface area contributed by atoms with E-state index in [-0.39, 0.29) is 28.2 Å². The van der Waals surface area contributed by atoms with Gasteiger partial charge in [0, 0.05) is 19.5 Å². The molecule has 0 aliphatic rings. The Labute approximate surface area is 159 Å². The summed E-state index contributed by atoms with van der Waals surface area (Å²) >= 11 is 0. The Balaban J connectivity index is 2.81. The zero-order valence-corrected chi connectivity index (χ0v) is 18.0. The topological polar surface area (TPSA) is 66.5 Å². The summed E-state index contributed by atoms with van der Waals surface area (Å²) in [6.07, 6.45) is 0.474. The minimum Gasteiger partial charge on any atom is -0.350 e. The molecule has 0 aliphatic heterocycles. The van der Waals surface area contributed by atoms with E-state index in [0.29, 0.717) is 19.5 Å². The zero-order chi connectivity index (χ0) is 20.1. The molecule has 1 aromatic rings. The Morgan fingerprint density at radius 1 is 1.08 bits per heavy atom. The molecule has 0 saturated heterocycles. The molecule has 0 fully saturated rings. The number of nitrogens with one attached hydrogen (secondary N) is 1. The molecule has 0 bridgehead atoms. The molecule has 0 spiro atoms. The van der Waals surface area contributed by atoms with E-state index in [2.05, 4.69) is 33.0 Å².